The molecule has 10 heteroatoms. The second-order valence-corrected chi connectivity index (χ2v) is 13.8. The lowest BCUT2D eigenvalue weighted by Gasteiger charge is -2.26. The Morgan fingerprint density at radius 3 is 2.43 bits per heavy atom. The van der Waals surface area contributed by atoms with Gasteiger partial charge in [0.25, 0.3) is 5.56 Å². The highest BCUT2D eigenvalue weighted by molar-refractivity contribution is 14.1. The monoisotopic (exact) mass is 856 g/mol. The van der Waals surface area contributed by atoms with E-state index in [1.165, 1.54) is 22.1 Å². The Balaban J connectivity index is 1.39. The Hall–Kier alpha value is -3.49. The molecule has 234 valence electrons. The van der Waals surface area contributed by atoms with E-state index >= 15 is 0 Å². The molecule has 0 aliphatic carbocycles. The summed E-state index contributed by atoms with van der Waals surface area (Å²) in [6.45, 7) is 6.53. The molecule has 0 spiro atoms. The Morgan fingerprint density at radius 2 is 1.67 bits per heavy atom. The fourth-order valence-corrected chi connectivity index (χ4v) is 8.77. The third kappa shape index (κ3) is 6.39. The van der Waals surface area contributed by atoms with E-state index in [0.29, 0.717) is 45.1 Å². The summed E-state index contributed by atoms with van der Waals surface area (Å²) in [5, 5.41) is 2.35. The fraction of sp³-hybridized carbons (Fsp3) is 0.194. The third-order valence-corrected chi connectivity index (χ3v) is 10.2. The van der Waals surface area contributed by atoms with Crippen molar-refractivity contribution in [2.24, 2.45) is 4.99 Å². The Labute approximate surface area is 297 Å². The number of fused-ring (bicyclic) bond motifs is 2. The number of carbonyl (C=O) groups is 1. The van der Waals surface area contributed by atoms with E-state index in [2.05, 4.69) is 69.4 Å². The molecule has 6 rings (SSSR count). The van der Waals surface area contributed by atoms with Gasteiger partial charge in [-0.3, -0.25) is 9.36 Å². The number of allylic oxidation sites excluding steroid dienone is 1. The molecule has 1 aliphatic heterocycles. The van der Waals surface area contributed by atoms with Crippen LogP contribution in [0.1, 0.15) is 43.5 Å². The Bertz CT molecular complexity index is 2160. The second-order valence-electron chi connectivity index (χ2n) is 10.5. The molecule has 1 aromatic heterocycles. The number of nitrogens with zero attached hydrogens (tertiary/aromatic N) is 2. The molecular weight excluding hydrogens is 826 g/mol. The summed E-state index contributed by atoms with van der Waals surface area (Å²) < 4.78 is 21.7. The number of hydrogen-bond donors (Lipinski definition) is 0. The lowest BCUT2D eigenvalue weighted by Crippen LogP contribution is -2.40. The van der Waals surface area contributed by atoms with Gasteiger partial charge in [0.15, 0.2) is 4.80 Å². The zero-order valence-corrected chi connectivity index (χ0v) is 30.5. The van der Waals surface area contributed by atoms with Gasteiger partial charge in [-0.1, -0.05) is 72.0 Å². The zero-order valence-electron chi connectivity index (χ0n) is 25.4. The number of thiazole rings is 1. The van der Waals surface area contributed by atoms with Crippen LogP contribution in [0.3, 0.4) is 0 Å². The predicted octanol–water partition coefficient (Wildman–Crippen LogP) is 7.14. The zero-order chi connectivity index (χ0) is 32.4. The maximum Gasteiger partial charge on any atom is 0.338 e. The van der Waals surface area contributed by atoms with Crippen LogP contribution in [0.2, 0.25) is 0 Å². The lowest BCUT2D eigenvalue weighted by molar-refractivity contribution is -0.139. The number of carbonyl (C=O) groups excluding carboxylic acids is 1. The predicted molar refractivity (Wildman–Crippen MR) is 198 cm³/mol. The third-order valence-electron chi connectivity index (χ3n) is 7.60. The van der Waals surface area contributed by atoms with Gasteiger partial charge >= 0.3 is 5.97 Å². The SMILES string of the molecule is CCOC(=O)C1=C(C)N=c2s/c(=C\c3cc(I)c(OCc4cccc5ccccc45)c(I)c3)c(=O)n2[C@H]1c1ccccc1OCC. The summed E-state index contributed by atoms with van der Waals surface area (Å²) in [7, 11) is 0. The molecule has 0 fully saturated rings. The van der Waals surface area contributed by atoms with Crippen LogP contribution < -0.4 is 24.4 Å². The number of halogens is 2. The average molecular weight is 857 g/mol. The summed E-state index contributed by atoms with van der Waals surface area (Å²) in [5.74, 6) is 0.900. The van der Waals surface area contributed by atoms with E-state index in [0.717, 1.165) is 24.0 Å². The van der Waals surface area contributed by atoms with Crippen molar-refractivity contribution in [1.29, 1.82) is 0 Å². The minimum absolute atomic E-state index is 0.207. The van der Waals surface area contributed by atoms with Crippen LogP contribution >= 0.6 is 56.5 Å². The molecule has 0 radical (unpaired) electrons. The minimum Gasteiger partial charge on any atom is -0.494 e. The van der Waals surface area contributed by atoms with Gasteiger partial charge < -0.3 is 14.2 Å². The van der Waals surface area contributed by atoms with E-state index in [9.17, 15) is 9.59 Å². The van der Waals surface area contributed by atoms with Crippen molar-refractivity contribution in [3.8, 4) is 11.5 Å². The highest BCUT2D eigenvalue weighted by Crippen LogP contribution is 2.36. The molecule has 0 bridgehead atoms. The van der Waals surface area contributed by atoms with Gasteiger partial charge in [-0.2, -0.15) is 0 Å². The van der Waals surface area contributed by atoms with E-state index in [-0.39, 0.29) is 12.2 Å². The summed E-state index contributed by atoms with van der Waals surface area (Å²) in [5.41, 5.74) is 3.28. The van der Waals surface area contributed by atoms with Gasteiger partial charge in [-0.15, -0.1) is 0 Å². The van der Waals surface area contributed by atoms with E-state index in [4.69, 9.17) is 19.2 Å². The van der Waals surface area contributed by atoms with E-state index < -0.39 is 12.0 Å². The van der Waals surface area contributed by atoms with Crippen LogP contribution in [-0.2, 0) is 16.1 Å². The first-order valence-electron chi connectivity index (χ1n) is 14.8. The molecule has 0 saturated heterocycles. The maximum atomic E-state index is 14.1. The first-order chi connectivity index (χ1) is 22.3. The molecule has 4 aromatic carbocycles. The summed E-state index contributed by atoms with van der Waals surface area (Å²) >= 11 is 5.86. The van der Waals surface area contributed by atoms with Crippen molar-refractivity contribution in [3.63, 3.8) is 0 Å². The normalized spacial score (nSPS) is 14.6. The van der Waals surface area contributed by atoms with Gasteiger partial charge in [0.2, 0.25) is 0 Å². The van der Waals surface area contributed by atoms with E-state index in [1.54, 1.807) is 18.4 Å². The van der Waals surface area contributed by atoms with Crippen LogP contribution in [0.4, 0.5) is 0 Å². The van der Waals surface area contributed by atoms with Crippen molar-refractivity contribution in [1.82, 2.24) is 4.57 Å². The van der Waals surface area contributed by atoms with Crippen molar-refractivity contribution >= 4 is 79.3 Å². The summed E-state index contributed by atoms with van der Waals surface area (Å²) in [4.78, 5) is 32.6. The number of hydrogen-bond acceptors (Lipinski definition) is 7. The van der Waals surface area contributed by atoms with Crippen LogP contribution in [0, 0.1) is 7.14 Å². The van der Waals surface area contributed by atoms with Crippen molar-refractivity contribution in [2.75, 3.05) is 13.2 Å². The lowest BCUT2D eigenvalue weighted by atomic mass is 9.95. The fourth-order valence-electron chi connectivity index (χ4n) is 5.60. The van der Waals surface area contributed by atoms with E-state index in [1.807, 2.05) is 67.6 Å². The number of rotatable bonds is 9. The number of ether oxygens (including phenoxy) is 3. The Kier molecular flexibility index (Phi) is 9.95. The molecule has 0 unspecified atom stereocenters. The number of esters is 1. The molecule has 1 aliphatic rings. The first-order valence-corrected chi connectivity index (χ1v) is 17.8. The number of benzene rings is 4. The highest BCUT2D eigenvalue weighted by atomic mass is 127. The van der Waals surface area contributed by atoms with Gasteiger partial charge in [-0.05, 0) is 112 Å². The summed E-state index contributed by atoms with van der Waals surface area (Å²) in [6.07, 6.45) is 1.87. The molecule has 1 atom stereocenters. The van der Waals surface area contributed by atoms with Crippen LogP contribution in [0.25, 0.3) is 16.8 Å². The molecule has 2 heterocycles. The van der Waals surface area contributed by atoms with Crippen LogP contribution in [-0.4, -0.2) is 23.8 Å². The van der Waals surface area contributed by atoms with Gasteiger partial charge in [0, 0.05) is 5.56 Å². The summed E-state index contributed by atoms with van der Waals surface area (Å²) in [6, 6.07) is 25.3. The Morgan fingerprint density at radius 1 is 0.957 bits per heavy atom. The molecular formula is C36H30I2N2O5S. The molecule has 0 saturated carbocycles. The minimum atomic E-state index is -0.745. The largest absolute Gasteiger partial charge is 0.494 e. The number of para-hydroxylation sites is 1. The van der Waals surface area contributed by atoms with Gasteiger partial charge in [0.1, 0.15) is 24.1 Å². The van der Waals surface area contributed by atoms with Crippen molar-refractivity contribution < 1.29 is 19.0 Å². The van der Waals surface area contributed by atoms with Gasteiger partial charge in [-0.25, -0.2) is 9.79 Å². The standard InChI is InChI=1S/C36H30I2N2O5S/c1-4-43-29-16-9-8-15-26(29)32-31(35(42)44-5-2)21(3)39-36-40(32)34(41)30(46-36)19-22-17-27(37)33(28(38)18-22)45-20-24-13-10-12-23-11-6-7-14-25(23)24/h6-19,32H,4-5,20H2,1-3H3/b30-19-/t32-/m0/s1. The second kappa shape index (κ2) is 14.1. The molecule has 46 heavy (non-hydrogen) atoms. The van der Waals surface area contributed by atoms with Crippen LogP contribution in [0.5, 0.6) is 11.5 Å². The topological polar surface area (TPSA) is 79.1 Å². The average Bonchev–Trinajstić information content (AvgIpc) is 3.34. The molecule has 0 amide bonds. The first kappa shape index (κ1) is 32.5. The quantitative estimate of drug-likeness (QED) is 0.117. The van der Waals surface area contributed by atoms with Crippen molar-refractivity contribution in [3.05, 3.63) is 134 Å². The number of aromatic nitrogens is 1. The molecule has 0 N–H and O–H groups in total. The van der Waals surface area contributed by atoms with Crippen molar-refractivity contribution in [2.45, 2.75) is 33.4 Å². The highest BCUT2D eigenvalue weighted by Gasteiger charge is 2.35. The molecule has 5 aromatic rings. The molecule has 7 nitrogen and oxygen atoms in total. The smallest absolute Gasteiger partial charge is 0.338 e. The maximum absolute atomic E-state index is 14.1. The van der Waals surface area contributed by atoms with Crippen LogP contribution in [0.15, 0.2) is 99.9 Å². The van der Waals surface area contributed by atoms with Gasteiger partial charge in [0.05, 0.1) is 36.2 Å².